The summed E-state index contributed by atoms with van der Waals surface area (Å²) < 4.78 is 0. The van der Waals surface area contributed by atoms with Gasteiger partial charge < -0.3 is 5.32 Å². The first-order chi connectivity index (χ1) is 5.41. The Balaban J connectivity index is 2.58. The zero-order chi connectivity index (χ0) is 9.24. The van der Waals surface area contributed by atoms with Gasteiger partial charge >= 0.3 is 0 Å². The lowest BCUT2D eigenvalue weighted by Crippen LogP contribution is -2.34. The second-order valence-corrected chi connectivity index (χ2v) is 5.76. The average Bonchev–Trinajstić information content (AvgIpc) is 1.80. The van der Waals surface area contributed by atoms with E-state index in [1.165, 1.54) is 32.4 Å². The lowest BCUT2D eigenvalue weighted by atomic mass is 9.71. The van der Waals surface area contributed by atoms with Gasteiger partial charge in [0.25, 0.3) is 0 Å². The van der Waals surface area contributed by atoms with Gasteiger partial charge in [0.15, 0.2) is 0 Å². The Kier molecular flexibility index (Phi) is 2.82. The minimum atomic E-state index is 0.525. The fourth-order valence-corrected chi connectivity index (χ4v) is 2.45. The largest absolute Gasteiger partial charge is 0.317 e. The van der Waals surface area contributed by atoms with E-state index in [2.05, 4.69) is 33.0 Å². The number of hydrogen-bond donors (Lipinski definition) is 1. The van der Waals surface area contributed by atoms with Crippen LogP contribution in [0.15, 0.2) is 0 Å². The van der Waals surface area contributed by atoms with Crippen molar-refractivity contribution in [1.82, 2.24) is 5.32 Å². The summed E-state index contributed by atoms with van der Waals surface area (Å²) in [5, 5.41) is 3.50. The van der Waals surface area contributed by atoms with Crippen LogP contribution < -0.4 is 5.32 Å². The summed E-state index contributed by atoms with van der Waals surface area (Å²) in [6, 6.07) is 0. The second-order valence-electron chi connectivity index (χ2n) is 5.76. The highest BCUT2D eigenvalue weighted by Crippen LogP contribution is 2.38. The smallest absolute Gasteiger partial charge is 0.00438 e. The standard InChI is InChI=1S/C11H23N/c1-10(2)5-7-12-8-6-11(3,4)9-10/h12H,5-9H2,1-4H3. The van der Waals surface area contributed by atoms with Crippen molar-refractivity contribution >= 4 is 0 Å². The maximum Gasteiger partial charge on any atom is -0.00438 e. The summed E-state index contributed by atoms with van der Waals surface area (Å²) in [5.74, 6) is 0. The summed E-state index contributed by atoms with van der Waals surface area (Å²) in [5.41, 5.74) is 1.05. The molecule has 1 saturated heterocycles. The van der Waals surface area contributed by atoms with Gasteiger partial charge in [-0.25, -0.2) is 0 Å². The Labute approximate surface area is 76.9 Å². The summed E-state index contributed by atoms with van der Waals surface area (Å²) in [4.78, 5) is 0. The second kappa shape index (κ2) is 3.37. The van der Waals surface area contributed by atoms with Gasteiger partial charge in [-0.3, -0.25) is 0 Å². The molecule has 0 radical (unpaired) electrons. The average molecular weight is 169 g/mol. The van der Waals surface area contributed by atoms with E-state index in [9.17, 15) is 0 Å². The fraction of sp³-hybridized carbons (Fsp3) is 1.00. The van der Waals surface area contributed by atoms with Gasteiger partial charge in [-0.05, 0) is 43.2 Å². The lowest BCUT2D eigenvalue weighted by Gasteiger charge is -2.37. The van der Waals surface area contributed by atoms with Crippen molar-refractivity contribution in [2.45, 2.75) is 47.0 Å². The van der Waals surface area contributed by atoms with Crippen molar-refractivity contribution in [1.29, 1.82) is 0 Å². The van der Waals surface area contributed by atoms with Gasteiger partial charge in [0.05, 0.1) is 0 Å². The van der Waals surface area contributed by atoms with Crippen LogP contribution >= 0.6 is 0 Å². The summed E-state index contributed by atoms with van der Waals surface area (Å²) >= 11 is 0. The molecule has 1 heteroatoms. The van der Waals surface area contributed by atoms with E-state index in [0.29, 0.717) is 10.8 Å². The maximum atomic E-state index is 3.50. The van der Waals surface area contributed by atoms with Crippen molar-refractivity contribution in [3.63, 3.8) is 0 Å². The molecule has 0 amide bonds. The Bertz CT molecular complexity index is 131. The zero-order valence-electron chi connectivity index (χ0n) is 9.04. The zero-order valence-corrected chi connectivity index (χ0v) is 9.04. The van der Waals surface area contributed by atoms with Crippen LogP contribution in [0.2, 0.25) is 0 Å². The van der Waals surface area contributed by atoms with Crippen molar-refractivity contribution < 1.29 is 0 Å². The Morgan fingerprint density at radius 1 is 0.833 bits per heavy atom. The monoisotopic (exact) mass is 169 g/mol. The number of rotatable bonds is 0. The summed E-state index contributed by atoms with van der Waals surface area (Å²) in [6.07, 6.45) is 3.99. The van der Waals surface area contributed by atoms with E-state index in [-0.39, 0.29) is 0 Å². The normalized spacial score (nSPS) is 29.0. The Hall–Kier alpha value is -0.0400. The summed E-state index contributed by atoms with van der Waals surface area (Å²) in [6.45, 7) is 12.0. The van der Waals surface area contributed by atoms with Gasteiger partial charge in [-0.15, -0.1) is 0 Å². The van der Waals surface area contributed by atoms with Crippen molar-refractivity contribution in [3.05, 3.63) is 0 Å². The molecule has 0 aliphatic carbocycles. The molecule has 0 spiro atoms. The summed E-state index contributed by atoms with van der Waals surface area (Å²) in [7, 11) is 0. The van der Waals surface area contributed by atoms with Crippen LogP contribution in [0.4, 0.5) is 0 Å². The molecule has 1 N–H and O–H groups in total. The molecule has 1 fully saturated rings. The molecule has 0 aromatic heterocycles. The molecule has 1 aliphatic heterocycles. The van der Waals surface area contributed by atoms with Gasteiger partial charge in [0, 0.05) is 0 Å². The third-order valence-corrected chi connectivity index (χ3v) is 2.91. The molecule has 0 saturated carbocycles. The highest BCUT2D eigenvalue weighted by Gasteiger charge is 2.29. The van der Waals surface area contributed by atoms with Gasteiger partial charge in [-0.1, -0.05) is 27.7 Å². The molecular weight excluding hydrogens is 146 g/mol. The Morgan fingerprint density at radius 2 is 1.25 bits per heavy atom. The van der Waals surface area contributed by atoms with Gasteiger partial charge in [0.1, 0.15) is 0 Å². The van der Waals surface area contributed by atoms with E-state index < -0.39 is 0 Å². The van der Waals surface area contributed by atoms with E-state index in [4.69, 9.17) is 0 Å². The molecule has 1 rings (SSSR count). The molecule has 1 aliphatic rings. The van der Waals surface area contributed by atoms with Crippen LogP contribution in [0.5, 0.6) is 0 Å². The van der Waals surface area contributed by atoms with E-state index >= 15 is 0 Å². The highest BCUT2D eigenvalue weighted by molar-refractivity contribution is 4.82. The third kappa shape index (κ3) is 3.14. The van der Waals surface area contributed by atoms with Gasteiger partial charge in [-0.2, -0.15) is 0 Å². The van der Waals surface area contributed by atoms with Crippen molar-refractivity contribution in [3.8, 4) is 0 Å². The third-order valence-electron chi connectivity index (χ3n) is 2.91. The van der Waals surface area contributed by atoms with Crippen molar-refractivity contribution in [2.75, 3.05) is 13.1 Å². The quantitative estimate of drug-likeness (QED) is 0.588. The molecule has 0 unspecified atom stereocenters. The molecule has 1 heterocycles. The first-order valence-electron chi connectivity index (χ1n) is 5.12. The minimum absolute atomic E-state index is 0.525. The first-order valence-corrected chi connectivity index (χ1v) is 5.12. The van der Waals surface area contributed by atoms with Crippen LogP contribution in [0.25, 0.3) is 0 Å². The number of hydrogen-bond acceptors (Lipinski definition) is 1. The molecule has 0 bridgehead atoms. The molecule has 12 heavy (non-hydrogen) atoms. The topological polar surface area (TPSA) is 12.0 Å². The molecule has 0 aromatic carbocycles. The lowest BCUT2D eigenvalue weighted by molar-refractivity contribution is 0.154. The van der Waals surface area contributed by atoms with E-state index in [1.54, 1.807) is 0 Å². The maximum absolute atomic E-state index is 3.50. The SMILES string of the molecule is CC1(C)CCNCCC(C)(C)C1. The van der Waals surface area contributed by atoms with E-state index in [0.717, 1.165) is 0 Å². The van der Waals surface area contributed by atoms with Crippen molar-refractivity contribution in [2.24, 2.45) is 10.8 Å². The molecule has 72 valence electrons. The molecule has 0 atom stereocenters. The predicted octanol–water partition coefficient (Wildman–Crippen LogP) is 2.81. The van der Waals surface area contributed by atoms with Crippen LogP contribution in [0.3, 0.4) is 0 Å². The highest BCUT2D eigenvalue weighted by atomic mass is 14.9. The van der Waals surface area contributed by atoms with Gasteiger partial charge in [0.2, 0.25) is 0 Å². The van der Waals surface area contributed by atoms with E-state index in [1.807, 2.05) is 0 Å². The number of nitrogens with one attached hydrogen (secondary N) is 1. The first kappa shape index (κ1) is 10.0. The van der Waals surface area contributed by atoms with Crippen LogP contribution in [0, 0.1) is 10.8 Å². The molecule has 0 aromatic rings. The minimum Gasteiger partial charge on any atom is -0.317 e. The van der Waals surface area contributed by atoms with Crippen LogP contribution in [-0.2, 0) is 0 Å². The van der Waals surface area contributed by atoms with Crippen LogP contribution in [-0.4, -0.2) is 13.1 Å². The fourth-order valence-electron chi connectivity index (χ4n) is 2.45. The molecule has 1 nitrogen and oxygen atoms in total. The predicted molar refractivity (Wildman–Crippen MR) is 54.3 cm³/mol. The van der Waals surface area contributed by atoms with Crippen LogP contribution in [0.1, 0.15) is 47.0 Å². The molecular formula is C11H23N. The Morgan fingerprint density at radius 3 is 1.67 bits per heavy atom.